The van der Waals surface area contributed by atoms with Crippen LogP contribution in [0.2, 0.25) is 5.02 Å². The molecule has 4 nitrogen and oxygen atoms in total. The van der Waals surface area contributed by atoms with Crippen molar-refractivity contribution >= 4 is 11.6 Å². The van der Waals surface area contributed by atoms with Crippen LogP contribution in [0.4, 0.5) is 0 Å². The van der Waals surface area contributed by atoms with Crippen molar-refractivity contribution in [2.75, 3.05) is 33.5 Å². The lowest BCUT2D eigenvalue weighted by Crippen LogP contribution is -2.05. The first-order valence-electron chi connectivity index (χ1n) is 6.11. The van der Waals surface area contributed by atoms with Gasteiger partial charge in [-0.1, -0.05) is 17.7 Å². The van der Waals surface area contributed by atoms with E-state index in [1.807, 2.05) is 12.1 Å². The summed E-state index contributed by atoms with van der Waals surface area (Å²) in [6.45, 7) is 2.94. The summed E-state index contributed by atoms with van der Waals surface area (Å²) < 4.78 is 15.7. The van der Waals surface area contributed by atoms with E-state index in [-0.39, 0.29) is 0 Å². The van der Waals surface area contributed by atoms with Crippen LogP contribution in [0.3, 0.4) is 0 Å². The van der Waals surface area contributed by atoms with E-state index in [1.54, 1.807) is 19.2 Å². The van der Waals surface area contributed by atoms with Gasteiger partial charge in [0.15, 0.2) is 0 Å². The SMILES string of the molecule is COCCOCCCOCc1ccc(C#N)cc1Cl. The second-order valence-corrected chi connectivity index (χ2v) is 4.34. The fraction of sp³-hybridized carbons (Fsp3) is 0.500. The standard InChI is InChI=1S/C14H18ClNO3/c1-17-7-8-18-5-2-6-19-11-13-4-3-12(10-16)9-14(13)15/h3-4,9H,2,5-8,11H2,1H3. The zero-order chi connectivity index (χ0) is 13.9. The molecule has 0 unspecified atom stereocenters. The van der Waals surface area contributed by atoms with Crippen molar-refractivity contribution < 1.29 is 14.2 Å². The minimum atomic E-state index is 0.447. The van der Waals surface area contributed by atoms with Gasteiger partial charge in [0.25, 0.3) is 0 Å². The molecule has 0 heterocycles. The van der Waals surface area contributed by atoms with Crippen LogP contribution in [0, 0.1) is 11.3 Å². The maximum atomic E-state index is 8.72. The summed E-state index contributed by atoms with van der Waals surface area (Å²) in [6.07, 6.45) is 0.831. The number of ether oxygens (including phenoxy) is 3. The van der Waals surface area contributed by atoms with Crippen LogP contribution in [0.5, 0.6) is 0 Å². The first-order valence-corrected chi connectivity index (χ1v) is 6.48. The van der Waals surface area contributed by atoms with Gasteiger partial charge in [-0.05, 0) is 24.1 Å². The molecule has 0 spiro atoms. The van der Waals surface area contributed by atoms with Gasteiger partial charge in [-0.2, -0.15) is 5.26 Å². The average Bonchev–Trinajstić information content (AvgIpc) is 2.43. The second-order valence-electron chi connectivity index (χ2n) is 3.93. The fourth-order valence-electron chi connectivity index (χ4n) is 1.42. The Morgan fingerprint density at radius 3 is 2.63 bits per heavy atom. The number of hydrogen-bond donors (Lipinski definition) is 0. The minimum Gasteiger partial charge on any atom is -0.382 e. The molecule has 0 radical (unpaired) electrons. The van der Waals surface area contributed by atoms with E-state index in [2.05, 4.69) is 0 Å². The van der Waals surface area contributed by atoms with Gasteiger partial charge in [-0.15, -0.1) is 0 Å². The van der Waals surface area contributed by atoms with Gasteiger partial charge in [0.05, 0.1) is 31.5 Å². The lowest BCUT2D eigenvalue weighted by atomic mass is 10.1. The molecule has 0 aliphatic rings. The van der Waals surface area contributed by atoms with Gasteiger partial charge in [-0.25, -0.2) is 0 Å². The zero-order valence-electron chi connectivity index (χ0n) is 11.0. The van der Waals surface area contributed by atoms with E-state index >= 15 is 0 Å². The van der Waals surface area contributed by atoms with Crippen LogP contribution in [0.1, 0.15) is 17.5 Å². The van der Waals surface area contributed by atoms with Crippen LogP contribution in [0.25, 0.3) is 0 Å². The summed E-state index contributed by atoms with van der Waals surface area (Å²) in [6, 6.07) is 7.24. The van der Waals surface area contributed by atoms with Crippen LogP contribution < -0.4 is 0 Å². The van der Waals surface area contributed by atoms with Crippen molar-refractivity contribution in [1.29, 1.82) is 5.26 Å². The number of halogens is 1. The summed E-state index contributed by atoms with van der Waals surface area (Å²) in [7, 11) is 1.65. The molecule has 0 aliphatic heterocycles. The van der Waals surface area contributed by atoms with E-state index in [0.717, 1.165) is 12.0 Å². The van der Waals surface area contributed by atoms with Gasteiger partial charge in [-0.3, -0.25) is 0 Å². The van der Waals surface area contributed by atoms with Gasteiger partial charge in [0, 0.05) is 25.3 Å². The van der Waals surface area contributed by atoms with Crippen LogP contribution >= 0.6 is 11.6 Å². The number of nitriles is 1. The highest BCUT2D eigenvalue weighted by atomic mass is 35.5. The highest BCUT2D eigenvalue weighted by Crippen LogP contribution is 2.18. The Labute approximate surface area is 118 Å². The van der Waals surface area contributed by atoms with E-state index < -0.39 is 0 Å². The molecule has 1 rings (SSSR count). The third-order valence-corrected chi connectivity index (χ3v) is 2.80. The molecule has 104 valence electrons. The number of hydrogen-bond acceptors (Lipinski definition) is 4. The van der Waals surface area contributed by atoms with Gasteiger partial charge in [0.1, 0.15) is 0 Å². The predicted molar refractivity (Wildman–Crippen MR) is 73.1 cm³/mol. The van der Waals surface area contributed by atoms with E-state index in [9.17, 15) is 0 Å². The lowest BCUT2D eigenvalue weighted by molar-refractivity contribution is 0.0483. The number of benzene rings is 1. The first-order chi connectivity index (χ1) is 9.27. The maximum Gasteiger partial charge on any atom is 0.0992 e. The molecule has 0 aromatic heterocycles. The number of rotatable bonds is 9. The minimum absolute atomic E-state index is 0.447. The molecular weight excluding hydrogens is 266 g/mol. The summed E-state index contributed by atoms with van der Waals surface area (Å²) in [5.74, 6) is 0. The van der Waals surface area contributed by atoms with Crippen molar-refractivity contribution in [3.05, 3.63) is 34.3 Å². The molecule has 0 saturated carbocycles. The molecule has 1 aromatic carbocycles. The van der Waals surface area contributed by atoms with E-state index in [0.29, 0.717) is 43.6 Å². The van der Waals surface area contributed by atoms with Crippen LogP contribution in [-0.2, 0) is 20.8 Å². The molecule has 0 amide bonds. The van der Waals surface area contributed by atoms with Crippen molar-refractivity contribution in [1.82, 2.24) is 0 Å². The van der Waals surface area contributed by atoms with Gasteiger partial charge in [0.2, 0.25) is 0 Å². The van der Waals surface area contributed by atoms with Gasteiger partial charge >= 0.3 is 0 Å². The highest BCUT2D eigenvalue weighted by Gasteiger charge is 2.02. The van der Waals surface area contributed by atoms with Crippen molar-refractivity contribution in [2.45, 2.75) is 13.0 Å². The summed E-state index contributed by atoms with van der Waals surface area (Å²) in [4.78, 5) is 0. The largest absolute Gasteiger partial charge is 0.382 e. The summed E-state index contributed by atoms with van der Waals surface area (Å²) >= 11 is 6.04. The van der Waals surface area contributed by atoms with E-state index in [1.165, 1.54) is 0 Å². The Morgan fingerprint density at radius 2 is 1.95 bits per heavy atom. The molecule has 1 aromatic rings. The summed E-state index contributed by atoms with van der Waals surface area (Å²) in [5, 5.41) is 9.29. The lowest BCUT2D eigenvalue weighted by Gasteiger charge is -2.07. The Bertz CT molecular complexity index is 418. The monoisotopic (exact) mass is 283 g/mol. The molecule has 0 N–H and O–H groups in total. The highest BCUT2D eigenvalue weighted by molar-refractivity contribution is 6.31. The Balaban J connectivity index is 2.14. The quantitative estimate of drug-likeness (QED) is 0.654. The molecule has 5 heteroatoms. The molecule has 0 bridgehead atoms. The Morgan fingerprint density at radius 1 is 1.16 bits per heavy atom. The molecule has 0 atom stereocenters. The fourth-order valence-corrected chi connectivity index (χ4v) is 1.66. The average molecular weight is 284 g/mol. The maximum absolute atomic E-state index is 8.72. The van der Waals surface area contributed by atoms with Crippen molar-refractivity contribution in [3.63, 3.8) is 0 Å². The normalized spacial score (nSPS) is 10.4. The Hall–Kier alpha value is -1.12. The zero-order valence-corrected chi connectivity index (χ0v) is 11.8. The second kappa shape index (κ2) is 9.76. The molecule has 0 saturated heterocycles. The van der Waals surface area contributed by atoms with E-state index in [4.69, 9.17) is 31.1 Å². The topological polar surface area (TPSA) is 51.5 Å². The van der Waals surface area contributed by atoms with Crippen molar-refractivity contribution in [2.24, 2.45) is 0 Å². The smallest absolute Gasteiger partial charge is 0.0992 e. The third kappa shape index (κ3) is 6.55. The third-order valence-electron chi connectivity index (χ3n) is 2.45. The number of methoxy groups -OCH3 is 1. The Kier molecular flexibility index (Phi) is 8.19. The molecular formula is C14H18ClNO3. The molecule has 0 aliphatic carbocycles. The summed E-state index contributed by atoms with van der Waals surface area (Å²) in [5.41, 5.74) is 1.45. The van der Waals surface area contributed by atoms with Crippen LogP contribution in [0.15, 0.2) is 18.2 Å². The predicted octanol–water partition coefficient (Wildman–Crippen LogP) is 2.78. The van der Waals surface area contributed by atoms with Gasteiger partial charge < -0.3 is 14.2 Å². The molecule has 19 heavy (non-hydrogen) atoms. The first kappa shape index (κ1) is 15.9. The number of nitrogens with zero attached hydrogens (tertiary/aromatic N) is 1. The molecule has 0 fully saturated rings. The van der Waals surface area contributed by atoms with Crippen LogP contribution in [-0.4, -0.2) is 33.5 Å². The van der Waals surface area contributed by atoms with Crippen molar-refractivity contribution in [3.8, 4) is 6.07 Å².